The first-order valence-corrected chi connectivity index (χ1v) is 6.74. The SMILES string of the molecule is CC1CCCC1Cl.COC1CCC(C)C1. The molecule has 0 aromatic heterocycles. The van der Waals surface area contributed by atoms with Crippen molar-refractivity contribution in [3.8, 4) is 0 Å². The zero-order valence-electron chi connectivity index (χ0n) is 10.3. The van der Waals surface area contributed by atoms with Gasteiger partial charge in [0.15, 0.2) is 0 Å². The summed E-state index contributed by atoms with van der Waals surface area (Å²) in [6.07, 6.45) is 8.41. The highest BCUT2D eigenvalue weighted by atomic mass is 35.5. The van der Waals surface area contributed by atoms with E-state index in [1.54, 1.807) is 0 Å². The maximum absolute atomic E-state index is 5.86. The van der Waals surface area contributed by atoms with Crippen LogP contribution in [0.5, 0.6) is 0 Å². The van der Waals surface area contributed by atoms with Crippen LogP contribution in [0.4, 0.5) is 0 Å². The van der Waals surface area contributed by atoms with Crippen molar-refractivity contribution in [2.24, 2.45) is 11.8 Å². The first-order chi connectivity index (χ1) is 7.13. The Hall–Kier alpha value is 0.250. The van der Waals surface area contributed by atoms with E-state index in [9.17, 15) is 0 Å². The highest BCUT2D eigenvalue weighted by molar-refractivity contribution is 6.20. The normalized spacial score (nSPS) is 40.0. The van der Waals surface area contributed by atoms with Gasteiger partial charge in [0, 0.05) is 12.5 Å². The van der Waals surface area contributed by atoms with E-state index in [2.05, 4.69) is 13.8 Å². The van der Waals surface area contributed by atoms with Crippen LogP contribution in [0.1, 0.15) is 52.4 Å². The van der Waals surface area contributed by atoms with Gasteiger partial charge in [0.25, 0.3) is 0 Å². The summed E-state index contributed by atoms with van der Waals surface area (Å²) in [7, 11) is 1.81. The summed E-state index contributed by atoms with van der Waals surface area (Å²) in [5.41, 5.74) is 0. The van der Waals surface area contributed by atoms with E-state index in [1.165, 1.54) is 38.5 Å². The lowest BCUT2D eigenvalue weighted by atomic mass is 10.1. The molecule has 2 saturated carbocycles. The molecule has 90 valence electrons. The van der Waals surface area contributed by atoms with Crippen LogP contribution in [0.3, 0.4) is 0 Å². The molecule has 0 aliphatic heterocycles. The highest BCUT2D eigenvalue weighted by Gasteiger charge is 2.20. The molecule has 0 saturated heterocycles. The van der Waals surface area contributed by atoms with Crippen LogP contribution in [-0.4, -0.2) is 18.6 Å². The van der Waals surface area contributed by atoms with Gasteiger partial charge in [0.2, 0.25) is 0 Å². The average molecular weight is 233 g/mol. The molecular formula is C13H25ClO. The zero-order valence-corrected chi connectivity index (χ0v) is 11.1. The topological polar surface area (TPSA) is 9.23 Å². The predicted octanol–water partition coefficient (Wildman–Crippen LogP) is 4.24. The summed E-state index contributed by atoms with van der Waals surface area (Å²) in [6, 6.07) is 0. The van der Waals surface area contributed by atoms with Crippen LogP contribution in [0.25, 0.3) is 0 Å². The Morgan fingerprint density at radius 3 is 2.00 bits per heavy atom. The van der Waals surface area contributed by atoms with Gasteiger partial charge in [0.1, 0.15) is 0 Å². The van der Waals surface area contributed by atoms with Gasteiger partial charge in [-0.3, -0.25) is 0 Å². The van der Waals surface area contributed by atoms with E-state index in [0.29, 0.717) is 11.5 Å². The van der Waals surface area contributed by atoms with E-state index in [4.69, 9.17) is 16.3 Å². The molecule has 0 spiro atoms. The molecule has 0 radical (unpaired) electrons. The molecule has 0 bridgehead atoms. The molecule has 0 amide bonds. The van der Waals surface area contributed by atoms with Crippen molar-refractivity contribution in [2.75, 3.05) is 7.11 Å². The maximum atomic E-state index is 5.86. The van der Waals surface area contributed by atoms with Crippen LogP contribution in [0.2, 0.25) is 0 Å². The molecule has 2 aliphatic rings. The van der Waals surface area contributed by atoms with Gasteiger partial charge in [-0.05, 0) is 43.9 Å². The Labute approximate surface area is 99.5 Å². The molecular weight excluding hydrogens is 208 g/mol. The van der Waals surface area contributed by atoms with Gasteiger partial charge >= 0.3 is 0 Å². The van der Waals surface area contributed by atoms with E-state index in [1.807, 2.05) is 7.11 Å². The van der Waals surface area contributed by atoms with Crippen LogP contribution in [-0.2, 0) is 4.74 Å². The minimum atomic E-state index is 0.486. The summed E-state index contributed by atoms with van der Waals surface area (Å²) in [6.45, 7) is 4.52. The van der Waals surface area contributed by atoms with Crippen molar-refractivity contribution < 1.29 is 4.74 Å². The van der Waals surface area contributed by atoms with Crippen LogP contribution < -0.4 is 0 Å². The molecule has 15 heavy (non-hydrogen) atoms. The Morgan fingerprint density at radius 2 is 1.80 bits per heavy atom. The van der Waals surface area contributed by atoms with Crippen molar-refractivity contribution in [3.05, 3.63) is 0 Å². The largest absolute Gasteiger partial charge is 0.381 e. The maximum Gasteiger partial charge on any atom is 0.0574 e. The zero-order chi connectivity index (χ0) is 11.3. The first kappa shape index (κ1) is 13.3. The molecule has 2 fully saturated rings. The van der Waals surface area contributed by atoms with Gasteiger partial charge in [0.05, 0.1) is 6.10 Å². The molecule has 2 aliphatic carbocycles. The fourth-order valence-corrected chi connectivity index (χ4v) is 2.75. The number of methoxy groups -OCH3 is 1. The third-order valence-electron chi connectivity index (χ3n) is 3.74. The average Bonchev–Trinajstić information content (AvgIpc) is 2.78. The quantitative estimate of drug-likeness (QED) is 0.615. The van der Waals surface area contributed by atoms with Crippen molar-refractivity contribution in [3.63, 3.8) is 0 Å². The Morgan fingerprint density at radius 1 is 1.07 bits per heavy atom. The lowest BCUT2D eigenvalue weighted by Gasteiger charge is -2.04. The van der Waals surface area contributed by atoms with Crippen molar-refractivity contribution in [2.45, 2.75) is 63.9 Å². The van der Waals surface area contributed by atoms with Crippen molar-refractivity contribution >= 4 is 11.6 Å². The molecule has 0 N–H and O–H groups in total. The highest BCUT2D eigenvalue weighted by Crippen LogP contribution is 2.28. The van der Waals surface area contributed by atoms with Crippen molar-refractivity contribution in [1.29, 1.82) is 0 Å². The molecule has 2 rings (SSSR count). The van der Waals surface area contributed by atoms with Gasteiger partial charge in [-0.2, -0.15) is 0 Å². The summed E-state index contributed by atoms with van der Waals surface area (Å²) < 4.78 is 5.18. The molecule has 0 heterocycles. The molecule has 1 nitrogen and oxygen atoms in total. The molecule has 0 aromatic rings. The third-order valence-corrected chi connectivity index (χ3v) is 4.39. The number of ether oxygens (including phenoxy) is 1. The Kier molecular flexibility index (Phi) is 5.99. The minimum absolute atomic E-state index is 0.486. The monoisotopic (exact) mass is 232 g/mol. The van der Waals surface area contributed by atoms with E-state index in [-0.39, 0.29) is 0 Å². The number of rotatable bonds is 1. The summed E-state index contributed by atoms with van der Waals surface area (Å²) in [4.78, 5) is 0. The van der Waals surface area contributed by atoms with Gasteiger partial charge in [-0.15, -0.1) is 11.6 Å². The van der Waals surface area contributed by atoms with Crippen LogP contribution >= 0.6 is 11.6 Å². The lowest BCUT2D eigenvalue weighted by Crippen LogP contribution is -2.03. The molecule has 0 aromatic carbocycles. The van der Waals surface area contributed by atoms with E-state index in [0.717, 1.165) is 11.8 Å². The second kappa shape index (κ2) is 6.75. The Balaban J connectivity index is 0.000000151. The number of alkyl halides is 1. The fourth-order valence-electron chi connectivity index (χ4n) is 2.47. The Bertz CT molecular complexity index is 164. The standard InChI is InChI=1S/C7H14O.C6H11Cl/c1-6-3-4-7(5-6)8-2;1-5-3-2-4-6(5)7/h6-7H,3-5H2,1-2H3;5-6H,2-4H2,1H3. The number of hydrogen-bond donors (Lipinski definition) is 0. The van der Waals surface area contributed by atoms with Crippen molar-refractivity contribution in [1.82, 2.24) is 0 Å². The van der Waals surface area contributed by atoms with E-state index >= 15 is 0 Å². The molecule has 4 unspecified atom stereocenters. The van der Waals surface area contributed by atoms with Gasteiger partial charge in [-0.1, -0.05) is 20.3 Å². The number of halogens is 1. The minimum Gasteiger partial charge on any atom is -0.381 e. The summed E-state index contributed by atoms with van der Waals surface area (Å²) in [5, 5.41) is 0.486. The predicted molar refractivity (Wildman–Crippen MR) is 66.5 cm³/mol. The third kappa shape index (κ3) is 4.74. The lowest BCUT2D eigenvalue weighted by molar-refractivity contribution is 0.106. The second-order valence-corrected chi connectivity index (χ2v) is 5.76. The second-order valence-electron chi connectivity index (χ2n) is 5.20. The number of hydrogen-bond acceptors (Lipinski definition) is 1. The van der Waals surface area contributed by atoms with Crippen LogP contribution in [0, 0.1) is 11.8 Å². The molecule has 4 atom stereocenters. The smallest absolute Gasteiger partial charge is 0.0574 e. The summed E-state index contributed by atoms with van der Waals surface area (Å²) in [5.74, 6) is 1.68. The summed E-state index contributed by atoms with van der Waals surface area (Å²) >= 11 is 5.86. The van der Waals surface area contributed by atoms with Gasteiger partial charge in [-0.25, -0.2) is 0 Å². The molecule has 2 heteroatoms. The first-order valence-electron chi connectivity index (χ1n) is 6.30. The van der Waals surface area contributed by atoms with E-state index < -0.39 is 0 Å². The van der Waals surface area contributed by atoms with Crippen LogP contribution in [0.15, 0.2) is 0 Å². The fraction of sp³-hybridized carbons (Fsp3) is 1.00. The van der Waals surface area contributed by atoms with Gasteiger partial charge < -0.3 is 4.74 Å².